The van der Waals surface area contributed by atoms with E-state index >= 15 is 0 Å². The molecule has 3 rings (SSSR count). The van der Waals surface area contributed by atoms with Crippen molar-refractivity contribution >= 4 is 17.5 Å². The van der Waals surface area contributed by atoms with Crippen molar-refractivity contribution in [2.45, 2.75) is 31.8 Å². The number of carbonyl (C=O) groups is 2. The van der Waals surface area contributed by atoms with Crippen LogP contribution in [0.4, 0.5) is 5.69 Å². The monoisotopic (exact) mass is 289 g/mol. The predicted molar refractivity (Wildman–Crippen MR) is 78.1 cm³/mol. The Bertz CT molecular complexity index is 567. The number of anilines is 1. The number of carbonyl (C=O) groups excluding carboxylic acids is 2. The third-order valence-electron chi connectivity index (χ3n) is 3.87. The lowest BCUT2D eigenvalue weighted by Crippen LogP contribution is -2.41. The molecule has 112 valence electrons. The molecule has 1 saturated heterocycles. The maximum Gasteiger partial charge on any atom is 0.262 e. The van der Waals surface area contributed by atoms with E-state index in [1.54, 1.807) is 0 Å². The molecule has 2 atom stereocenters. The minimum absolute atomic E-state index is 0.0259. The lowest BCUT2D eigenvalue weighted by atomic mass is 10.1. The largest absolute Gasteiger partial charge is 0.482 e. The van der Waals surface area contributed by atoms with Crippen LogP contribution in [0.15, 0.2) is 18.2 Å². The van der Waals surface area contributed by atoms with Crippen molar-refractivity contribution in [3.63, 3.8) is 0 Å². The average Bonchev–Trinajstić information content (AvgIpc) is 3.00. The number of nitrogens with one attached hydrogen (secondary N) is 3. The minimum atomic E-state index is -0.161. The van der Waals surface area contributed by atoms with Crippen LogP contribution in [0.5, 0.6) is 5.75 Å². The highest BCUT2D eigenvalue weighted by molar-refractivity contribution is 5.95. The molecule has 0 bridgehead atoms. The van der Waals surface area contributed by atoms with Crippen molar-refractivity contribution in [2.24, 2.45) is 0 Å². The van der Waals surface area contributed by atoms with Gasteiger partial charge in [0.25, 0.3) is 5.91 Å². The maximum atomic E-state index is 12.1. The van der Waals surface area contributed by atoms with E-state index in [0.717, 1.165) is 24.9 Å². The van der Waals surface area contributed by atoms with Crippen LogP contribution in [-0.2, 0) is 9.59 Å². The molecule has 0 saturated carbocycles. The topological polar surface area (TPSA) is 79.5 Å². The summed E-state index contributed by atoms with van der Waals surface area (Å²) in [5, 5.41) is 8.96. The molecule has 2 heterocycles. The molecule has 1 aromatic rings. The van der Waals surface area contributed by atoms with E-state index in [0.29, 0.717) is 11.4 Å². The van der Waals surface area contributed by atoms with E-state index in [2.05, 4.69) is 16.0 Å². The Balaban J connectivity index is 1.69. The average molecular weight is 289 g/mol. The Hall–Kier alpha value is -2.08. The van der Waals surface area contributed by atoms with E-state index in [-0.39, 0.29) is 30.5 Å². The Labute approximate surface area is 123 Å². The van der Waals surface area contributed by atoms with Crippen LogP contribution < -0.4 is 20.7 Å². The molecule has 2 aliphatic heterocycles. The molecule has 0 spiro atoms. The van der Waals surface area contributed by atoms with Gasteiger partial charge in [-0.2, -0.15) is 0 Å². The third kappa shape index (κ3) is 3.00. The second-order valence-electron chi connectivity index (χ2n) is 5.47. The summed E-state index contributed by atoms with van der Waals surface area (Å²) >= 11 is 0. The first-order valence-corrected chi connectivity index (χ1v) is 7.24. The lowest BCUT2D eigenvalue weighted by molar-refractivity contribution is -0.123. The molecule has 3 N–H and O–H groups in total. The molecule has 6 heteroatoms. The molecule has 1 fully saturated rings. The molecule has 2 aliphatic rings. The van der Waals surface area contributed by atoms with Gasteiger partial charge in [0.05, 0.1) is 17.8 Å². The van der Waals surface area contributed by atoms with Crippen LogP contribution in [0.3, 0.4) is 0 Å². The molecule has 2 unspecified atom stereocenters. The maximum absolute atomic E-state index is 12.1. The fraction of sp³-hybridized carbons (Fsp3) is 0.467. The van der Waals surface area contributed by atoms with Crippen LogP contribution in [0, 0.1) is 0 Å². The molecule has 0 aromatic heterocycles. The number of amides is 2. The van der Waals surface area contributed by atoms with Gasteiger partial charge in [0, 0.05) is 0 Å². The quantitative estimate of drug-likeness (QED) is 0.774. The first kappa shape index (κ1) is 13.9. The van der Waals surface area contributed by atoms with E-state index in [1.807, 2.05) is 25.1 Å². The van der Waals surface area contributed by atoms with Gasteiger partial charge < -0.3 is 20.7 Å². The molecule has 1 aromatic carbocycles. The zero-order valence-electron chi connectivity index (χ0n) is 11.9. The summed E-state index contributed by atoms with van der Waals surface area (Å²) in [6, 6.07) is 5.36. The van der Waals surface area contributed by atoms with Gasteiger partial charge in [0.15, 0.2) is 6.61 Å². The molecule has 6 nitrogen and oxygen atoms in total. The smallest absolute Gasteiger partial charge is 0.262 e. The minimum Gasteiger partial charge on any atom is -0.482 e. The number of benzene rings is 1. The van der Waals surface area contributed by atoms with Crippen molar-refractivity contribution in [1.82, 2.24) is 10.6 Å². The van der Waals surface area contributed by atoms with Gasteiger partial charge >= 0.3 is 0 Å². The first-order chi connectivity index (χ1) is 10.1. The highest BCUT2D eigenvalue weighted by atomic mass is 16.5. The number of rotatable bonds is 3. The van der Waals surface area contributed by atoms with Crippen LogP contribution in [-0.4, -0.2) is 31.0 Å². The van der Waals surface area contributed by atoms with Gasteiger partial charge in [-0.3, -0.25) is 9.59 Å². The summed E-state index contributed by atoms with van der Waals surface area (Å²) in [5.41, 5.74) is 1.59. The van der Waals surface area contributed by atoms with Gasteiger partial charge in [-0.25, -0.2) is 0 Å². The summed E-state index contributed by atoms with van der Waals surface area (Å²) < 4.78 is 5.32. The van der Waals surface area contributed by atoms with Gasteiger partial charge in [-0.05, 0) is 44.0 Å². The van der Waals surface area contributed by atoms with Gasteiger partial charge in [-0.1, -0.05) is 6.07 Å². The first-order valence-electron chi connectivity index (χ1n) is 7.24. The number of hydrogen-bond acceptors (Lipinski definition) is 4. The van der Waals surface area contributed by atoms with Gasteiger partial charge in [-0.15, -0.1) is 0 Å². The Morgan fingerprint density at radius 2 is 2.33 bits per heavy atom. The zero-order chi connectivity index (χ0) is 14.8. The highest BCUT2D eigenvalue weighted by Crippen LogP contribution is 2.30. The predicted octanol–water partition coefficient (Wildman–Crippen LogP) is 0.947. The van der Waals surface area contributed by atoms with Crippen molar-refractivity contribution in [3.8, 4) is 5.75 Å². The van der Waals surface area contributed by atoms with Crippen LogP contribution in [0.2, 0.25) is 0 Å². The number of hydrogen-bond donors (Lipinski definition) is 3. The Kier molecular flexibility index (Phi) is 3.79. The van der Waals surface area contributed by atoms with Gasteiger partial charge in [0.1, 0.15) is 5.75 Å². The molecule has 2 amide bonds. The molecule has 0 radical (unpaired) electrons. The van der Waals surface area contributed by atoms with E-state index in [1.165, 1.54) is 0 Å². The SMILES string of the molecule is CC(NC(=O)C1CCCN1)c1ccc2c(c1)NC(=O)CO2. The fourth-order valence-corrected chi connectivity index (χ4v) is 2.68. The summed E-state index contributed by atoms with van der Waals surface area (Å²) in [6.45, 7) is 2.88. The van der Waals surface area contributed by atoms with Crippen LogP contribution >= 0.6 is 0 Å². The number of fused-ring (bicyclic) bond motifs is 1. The third-order valence-corrected chi connectivity index (χ3v) is 3.87. The van der Waals surface area contributed by atoms with E-state index in [4.69, 9.17) is 4.74 Å². The summed E-state index contributed by atoms with van der Waals surface area (Å²) in [7, 11) is 0. The lowest BCUT2D eigenvalue weighted by Gasteiger charge is -2.21. The standard InChI is InChI=1S/C15H19N3O3/c1-9(17-15(20)11-3-2-6-16-11)10-4-5-13-12(7-10)18-14(19)8-21-13/h4-5,7,9,11,16H,2-3,6,8H2,1H3,(H,17,20)(H,18,19). The molecular weight excluding hydrogens is 270 g/mol. The Morgan fingerprint density at radius 1 is 1.48 bits per heavy atom. The van der Waals surface area contributed by atoms with E-state index < -0.39 is 0 Å². The van der Waals surface area contributed by atoms with Crippen molar-refractivity contribution in [2.75, 3.05) is 18.5 Å². The zero-order valence-corrected chi connectivity index (χ0v) is 11.9. The van der Waals surface area contributed by atoms with Crippen molar-refractivity contribution in [3.05, 3.63) is 23.8 Å². The normalized spacial score (nSPS) is 22.0. The van der Waals surface area contributed by atoms with Crippen LogP contribution in [0.25, 0.3) is 0 Å². The second-order valence-corrected chi connectivity index (χ2v) is 5.47. The number of ether oxygens (including phenoxy) is 1. The van der Waals surface area contributed by atoms with E-state index in [9.17, 15) is 9.59 Å². The van der Waals surface area contributed by atoms with Crippen molar-refractivity contribution in [1.29, 1.82) is 0 Å². The molecule has 0 aliphatic carbocycles. The molecular formula is C15H19N3O3. The summed E-state index contributed by atoms with van der Waals surface area (Å²) in [5.74, 6) is 0.527. The van der Waals surface area contributed by atoms with Crippen molar-refractivity contribution < 1.29 is 14.3 Å². The summed E-state index contributed by atoms with van der Waals surface area (Å²) in [6.07, 6.45) is 1.92. The Morgan fingerprint density at radius 3 is 3.10 bits per heavy atom. The molecule has 21 heavy (non-hydrogen) atoms. The fourth-order valence-electron chi connectivity index (χ4n) is 2.68. The van der Waals surface area contributed by atoms with Gasteiger partial charge in [0.2, 0.25) is 5.91 Å². The van der Waals surface area contributed by atoms with Crippen LogP contribution in [0.1, 0.15) is 31.4 Å². The second kappa shape index (κ2) is 5.73. The highest BCUT2D eigenvalue weighted by Gasteiger charge is 2.24. The summed E-state index contributed by atoms with van der Waals surface area (Å²) in [4.78, 5) is 23.4.